The van der Waals surface area contributed by atoms with Crippen molar-refractivity contribution in [3.63, 3.8) is 0 Å². The first kappa shape index (κ1) is 11.0. The zero-order valence-corrected chi connectivity index (χ0v) is 8.89. The van der Waals surface area contributed by atoms with Crippen molar-refractivity contribution in [2.24, 2.45) is 5.92 Å². The van der Waals surface area contributed by atoms with Crippen molar-refractivity contribution in [2.75, 3.05) is 18.4 Å². The van der Waals surface area contributed by atoms with E-state index in [-0.39, 0.29) is 11.8 Å². The van der Waals surface area contributed by atoms with E-state index < -0.39 is 6.10 Å². The summed E-state index contributed by atoms with van der Waals surface area (Å²) in [7, 11) is 0. The molecule has 1 aromatic rings. The van der Waals surface area contributed by atoms with Gasteiger partial charge in [0, 0.05) is 24.6 Å². The lowest BCUT2D eigenvalue weighted by Crippen LogP contribution is -2.45. The molecule has 2 heterocycles. The van der Waals surface area contributed by atoms with Crippen LogP contribution in [-0.2, 0) is 4.79 Å². The Morgan fingerprint density at radius 1 is 1.50 bits per heavy atom. The molecule has 0 radical (unpaired) electrons. The topological polar surface area (TPSA) is 74.2 Å². The molecule has 0 aromatic carbocycles. The van der Waals surface area contributed by atoms with Crippen molar-refractivity contribution in [3.05, 3.63) is 24.5 Å². The molecule has 2 unspecified atom stereocenters. The predicted molar refractivity (Wildman–Crippen MR) is 59.9 cm³/mol. The van der Waals surface area contributed by atoms with Crippen LogP contribution in [0.4, 0.5) is 5.69 Å². The molecule has 1 aromatic heterocycles. The number of hydrogen-bond acceptors (Lipinski definition) is 4. The molecule has 1 amide bonds. The fourth-order valence-electron chi connectivity index (χ4n) is 1.82. The van der Waals surface area contributed by atoms with E-state index in [1.54, 1.807) is 24.5 Å². The summed E-state index contributed by atoms with van der Waals surface area (Å²) >= 11 is 0. The highest BCUT2D eigenvalue weighted by Crippen LogP contribution is 2.15. The molecule has 1 saturated heterocycles. The van der Waals surface area contributed by atoms with Crippen LogP contribution in [-0.4, -0.2) is 35.2 Å². The minimum Gasteiger partial charge on any atom is -0.391 e. The Labute approximate surface area is 93.9 Å². The average Bonchev–Trinajstić information content (AvgIpc) is 2.31. The van der Waals surface area contributed by atoms with Gasteiger partial charge in [0.15, 0.2) is 0 Å². The van der Waals surface area contributed by atoms with Crippen LogP contribution < -0.4 is 10.6 Å². The molecule has 86 valence electrons. The molecule has 1 aliphatic rings. The molecule has 1 fully saturated rings. The molecule has 1 aliphatic heterocycles. The quantitative estimate of drug-likeness (QED) is 0.656. The van der Waals surface area contributed by atoms with Crippen LogP contribution in [0.1, 0.15) is 6.42 Å². The number of anilines is 1. The Balaban J connectivity index is 1.97. The van der Waals surface area contributed by atoms with Crippen molar-refractivity contribution >= 4 is 11.6 Å². The first-order valence-corrected chi connectivity index (χ1v) is 5.37. The molecule has 0 bridgehead atoms. The Morgan fingerprint density at radius 3 is 2.94 bits per heavy atom. The molecule has 5 nitrogen and oxygen atoms in total. The number of piperidine rings is 1. The number of aliphatic hydroxyl groups excluding tert-OH is 1. The van der Waals surface area contributed by atoms with Crippen LogP contribution >= 0.6 is 0 Å². The number of nitrogens with zero attached hydrogens (tertiary/aromatic N) is 1. The molecule has 2 rings (SSSR count). The molecule has 0 spiro atoms. The van der Waals surface area contributed by atoms with Gasteiger partial charge in [-0.3, -0.25) is 9.78 Å². The maximum Gasteiger partial charge on any atom is 0.230 e. The van der Waals surface area contributed by atoms with E-state index in [4.69, 9.17) is 0 Å². The van der Waals surface area contributed by atoms with Gasteiger partial charge in [-0.15, -0.1) is 0 Å². The Kier molecular flexibility index (Phi) is 3.48. The van der Waals surface area contributed by atoms with Crippen molar-refractivity contribution in [1.29, 1.82) is 0 Å². The molecule has 2 atom stereocenters. The number of β-amino-alcohol motifs (C(OH)–C–C–N with tert-alkyl or cyclic N) is 1. The van der Waals surface area contributed by atoms with Gasteiger partial charge in [0.25, 0.3) is 0 Å². The lowest BCUT2D eigenvalue weighted by Gasteiger charge is -2.27. The van der Waals surface area contributed by atoms with E-state index in [1.807, 2.05) is 0 Å². The van der Waals surface area contributed by atoms with Gasteiger partial charge in [-0.1, -0.05) is 0 Å². The first-order chi connectivity index (χ1) is 7.77. The Morgan fingerprint density at radius 2 is 2.25 bits per heavy atom. The SMILES string of the molecule is O=C(Nc1ccncc1)C1CCNCC1O. The third-order valence-electron chi connectivity index (χ3n) is 2.73. The number of aromatic nitrogens is 1. The van der Waals surface area contributed by atoms with E-state index in [2.05, 4.69) is 15.6 Å². The maximum atomic E-state index is 11.9. The van der Waals surface area contributed by atoms with Gasteiger partial charge in [-0.2, -0.15) is 0 Å². The van der Waals surface area contributed by atoms with Crippen LogP contribution in [0.5, 0.6) is 0 Å². The fraction of sp³-hybridized carbons (Fsp3) is 0.455. The van der Waals surface area contributed by atoms with E-state index >= 15 is 0 Å². The molecular formula is C11H15N3O2. The fourth-order valence-corrected chi connectivity index (χ4v) is 1.82. The summed E-state index contributed by atoms with van der Waals surface area (Å²) in [5.41, 5.74) is 0.714. The largest absolute Gasteiger partial charge is 0.391 e. The smallest absolute Gasteiger partial charge is 0.230 e. The van der Waals surface area contributed by atoms with Crippen molar-refractivity contribution in [2.45, 2.75) is 12.5 Å². The highest BCUT2D eigenvalue weighted by Gasteiger charge is 2.29. The third-order valence-corrected chi connectivity index (χ3v) is 2.73. The normalized spacial score (nSPS) is 25.1. The van der Waals surface area contributed by atoms with E-state index in [1.165, 1.54) is 0 Å². The highest BCUT2D eigenvalue weighted by molar-refractivity contribution is 5.92. The van der Waals surface area contributed by atoms with E-state index in [0.29, 0.717) is 18.7 Å². The van der Waals surface area contributed by atoms with Crippen molar-refractivity contribution < 1.29 is 9.90 Å². The van der Waals surface area contributed by atoms with Crippen LogP contribution in [0.25, 0.3) is 0 Å². The number of carbonyl (C=O) groups is 1. The Hall–Kier alpha value is -1.46. The second kappa shape index (κ2) is 5.05. The standard InChI is InChI=1S/C11H15N3O2/c15-10-7-13-6-3-9(10)11(16)14-8-1-4-12-5-2-8/h1-2,4-5,9-10,13,15H,3,6-7H2,(H,12,14,16). The number of carbonyl (C=O) groups excluding carboxylic acids is 1. The number of rotatable bonds is 2. The van der Waals surface area contributed by atoms with E-state index in [0.717, 1.165) is 6.54 Å². The molecule has 16 heavy (non-hydrogen) atoms. The third kappa shape index (κ3) is 2.56. The summed E-state index contributed by atoms with van der Waals surface area (Å²) in [5, 5.41) is 15.5. The highest BCUT2D eigenvalue weighted by atomic mass is 16.3. The minimum absolute atomic E-state index is 0.125. The second-order valence-corrected chi connectivity index (χ2v) is 3.89. The van der Waals surface area contributed by atoms with Crippen molar-refractivity contribution in [3.8, 4) is 0 Å². The predicted octanol–water partition coefficient (Wildman–Crippen LogP) is -0.00950. The van der Waals surface area contributed by atoms with Crippen LogP contribution in [0, 0.1) is 5.92 Å². The second-order valence-electron chi connectivity index (χ2n) is 3.89. The summed E-state index contributed by atoms with van der Waals surface area (Å²) in [6.45, 7) is 1.25. The molecular weight excluding hydrogens is 206 g/mol. The monoisotopic (exact) mass is 221 g/mol. The van der Waals surface area contributed by atoms with Crippen LogP contribution in [0.3, 0.4) is 0 Å². The summed E-state index contributed by atoms with van der Waals surface area (Å²) in [6, 6.07) is 3.46. The average molecular weight is 221 g/mol. The molecule has 5 heteroatoms. The van der Waals surface area contributed by atoms with Crippen LogP contribution in [0.15, 0.2) is 24.5 Å². The molecule has 0 aliphatic carbocycles. The molecule has 0 saturated carbocycles. The Bertz CT molecular complexity index is 356. The van der Waals surface area contributed by atoms with Gasteiger partial charge in [0.05, 0.1) is 12.0 Å². The minimum atomic E-state index is -0.601. The number of pyridine rings is 1. The van der Waals surface area contributed by atoms with Gasteiger partial charge in [0.1, 0.15) is 0 Å². The van der Waals surface area contributed by atoms with Gasteiger partial charge >= 0.3 is 0 Å². The first-order valence-electron chi connectivity index (χ1n) is 5.37. The van der Waals surface area contributed by atoms with Gasteiger partial charge < -0.3 is 15.7 Å². The zero-order chi connectivity index (χ0) is 11.4. The molecule has 3 N–H and O–H groups in total. The lowest BCUT2D eigenvalue weighted by molar-refractivity contribution is -0.124. The number of nitrogens with one attached hydrogen (secondary N) is 2. The van der Waals surface area contributed by atoms with Crippen molar-refractivity contribution in [1.82, 2.24) is 10.3 Å². The summed E-state index contributed by atoms with van der Waals surface area (Å²) in [4.78, 5) is 15.7. The van der Waals surface area contributed by atoms with E-state index in [9.17, 15) is 9.90 Å². The number of hydrogen-bond donors (Lipinski definition) is 3. The number of amides is 1. The van der Waals surface area contributed by atoms with Crippen LogP contribution in [0.2, 0.25) is 0 Å². The lowest BCUT2D eigenvalue weighted by atomic mass is 9.94. The number of aliphatic hydroxyl groups is 1. The summed E-state index contributed by atoms with van der Waals surface area (Å²) < 4.78 is 0. The zero-order valence-electron chi connectivity index (χ0n) is 8.89. The van der Waals surface area contributed by atoms with Gasteiger partial charge in [-0.05, 0) is 25.1 Å². The van der Waals surface area contributed by atoms with Gasteiger partial charge in [0.2, 0.25) is 5.91 Å². The summed E-state index contributed by atoms with van der Waals surface area (Å²) in [6.07, 6.45) is 3.30. The maximum absolute atomic E-state index is 11.9. The van der Waals surface area contributed by atoms with Gasteiger partial charge in [-0.25, -0.2) is 0 Å². The summed E-state index contributed by atoms with van der Waals surface area (Å²) in [5.74, 6) is -0.449.